The molecular weight excluding hydrogens is 222 g/mol. The second-order valence-electron chi connectivity index (χ2n) is 4.34. The lowest BCUT2D eigenvalue weighted by atomic mass is 10.1. The number of nitrogens with one attached hydrogen (secondary N) is 2. The maximum atomic E-state index is 13.2. The molecule has 4 heteroatoms. The maximum absolute atomic E-state index is 13.2. The fraction of sp³-hybridized carbons (Fsp3) is 0.538. The Morgan fingerprint density at radius 2 is 1.88 bits per heavy atom. The lowest BCUT2D eigenvalue weighted by molar-refractivity contribution is 0.548. The van der Waals surface area contributed by atoms with Gasteiger partial charge in [-0.25, -0.2) is 8.78 Å². The Labute approximate surface area is 101 Å². The second kappa shape index (κ2) is 7.35. The van der Waals surface area contributed by atoms with Crippen LogP contribution in [0.25, 0.3) is 0 Å². The van der Waals surface area contributed by atoms with Gasteiger partial charge >= 0.3 is 0 Å². The molecule has 0 spiro atoms. The molecule has 17 heavy (non-hydrogen) atoms. The molecule has 0 bridgehead atoms. The predicted molar refractivity (Wildman–Crippen MR) is 66.1 cm³/mol. The van der Waals surface area contributed by atoms with Crippen LogP contribution in [0.2, 0.25) is 0 Å². The van der Waals surface area contributed by atoms with Crippen molar-refractivity contribution in [3.05, 3.63) is 35.4 Å². The first kappa shape index (κ1) is 14.1. The van der Waals surface area contributed by atoms with Gasteiger partial charge in [0.25, 0.3) is 0 Å². The Bertz CT molecular complexity index is 340. The molecule has 0 aliphatic heterocycles. The van der Waals surface area contributed by atoms with Gasteiger partial charge in [0.1, 0.15) is 11.6 Å². The van der Waals surface area contributed by atoms with E-state index in [0.29, 0.717) is 24.6 Å². The topological polar surface area (TPSA) is 24.1 Å². The average molecular weight is 242 g/mol. The van der Waals surface area contributed by atoms with Crippen LogP contribution in [0.15, 0.2) is 18.2 Å². The molecule has 0 amide bonds. The Hall–Kier alpha value is -1.00. The molecule has 0 fully saturated rings. The van der Waals surface area contributed by atoms with Crippen molar-refractivity contribution in [2.45, 2.75) is 26.3 Å². The highest BCUT2D eigenvalue weighted by Gasteiger charge is 2.03. The number of halogens is 2. The quantitative estimate of drug-likeness (QED) is 0.715. The first-order chi connectivity index (χ1) is 8.09. The Kier molecular flexibility index (Phi) is 6.08. The largest absolute Gasteiger partial charge is 0.315 e. The van der Waals surface area contributed by atoms with Gasteiger partial charge in [-0.05, 0) is 36.7 Å². The van der Waals surface area contributed by atoms with Gasteiger partial charge < -0.3 is 10.6 Å². The van der Waals surface area contributed by atoms with E-state index in [4.69, 9.17) is 0 Å². The molecule has 0 aliphatic carbocycles. The molecule has 0 aliphatic rings. The summed E-state index contributed by atoms with van der Waals surface area (Å²) in [4.78, 5) is 0. The summed E-state index contributed by atoms with van der Waals surface area (Å²) in [5, 5.41) is 6.45. The third-order valence-corrected chi connectivity index (χ3v) is 2.43. The van der Waals surface area contributed by atoms with Crippen molar-refractivity contribution in [1.82, 2.24) is 10.6 Å². The van der Waals surface area contributed by atoms with Crippen molar-refractivity contribution in [2.75, 3.05) is 19.6 Å². The normalized spacial score (nSPS) is 11.1. The Morgan fingerprint density at radius 1 is 1.12 bits per heavy atom. The van der Waals surface area contributed by atoms with E-state index in [0.717, 1.165) is 19.2 Å². The number of benzene rings is 1. The molecule has 0 unspecified atom stereocenters. The van der Waals surface area contributed by atoms with Crippen molar-refractivity contribution in [3.8, 4) is 0 Å². The number of hydrogen-bond donors (Lipinski definition) is 2. The molecule has 0 aromatic heterocycles. The van der Waals surface area contributed by atoms with Gasteiger partial charge in [-0.3, -0.25) is 0 Å². The van der Waals surface area contributed by atoms with E-state index < -0.39 is 0 Å². The minimum absolute atomic E-state index is 0.339. The number of rotatable bonds is 7. The van der Waals surface area contributed by atoms with Crippen LogP contribution >= 0.6 is 0 Å². The van der Waals surface area contributed by atoms with E-state index in [1.807, 2.05) is 0 Å². The average Bonchev–Trinajstić information content (AvgIpc) is 2.27. The molecule has 0 saturated carbocycles. The number of hydrogen-bond acceptors (Lipinski definition) is 2. The summed E-state index contributed by atoms with van der Waals surface area (Å²) in [5.74, 6) is -0.726. The van der Waals surface area contributed by atoms with Gasteiger partial charge in [0.15, 0.2) is 0 Å². The molecule has 2 nitrogen and oxygen atoms in total. The van der Waals surface area contributed by atoms with Crippen LogP contribution in [0.5, 0.6) is 0 Å². The van der Waals surface area contributed by atoms with Gasteiger partial charge in [0.2, 0.25) is 0 Å². The summed E-state index contributed by atoms with van der Waals surface area (Å²) >= 11 is 0. The van der Waals surface area contributed by atoms with Gasteiger partial charge in [0.05, 0.1) is 0 Å². The SMILES string of the molecule is CC(C)NCCNCCc1cc(F)ccc1F. The first-order valence-electron chi connectivity index (χ1n) is 5.97. The van der Waals surface area contributed by atoms with E-state index in [9.17, 15) is 8.78 Å². The van der Waals surface area contributed by atoms with Crippen molar-refractivity contribution >= 4 is 0 Å². The van der Waals surface area contributed by atoms with Crippen molar-refractivity contribution < 1.29 is 8.78 Å². The van der Waals surface area contributed by atoms with Crippen molar-refractivity contribution in [3.63, 3.8) is 0 Å². The molecule has 1 aromatic carbocycles. The zero-order chi connectivity index (χ0) is 12.7. The molecule has 2 N–H and O–H groups in total. The van der Waals surface area contributed by atoms with Crippen LogP contribution < -0.4 is 10.6 Å². The zero-order valence-electron chi connectivity index (χ0n) is 10.4. The third kappa shape index (κ3) is 5.75. The minimum atomic E-state index is -0.386. The Morgan fingerprint density at radius 3 is 2.59 bits per heavy atom. The standard InChI is InChI=1S/C13H20F2N2/c1-10(2)17-8-7-16-6-5-11-9-12(14)3-4-13(11)15/h3-4,9-10,16-17H,5-8H2,1-2H3. The lowest BCUT2D eigenvalue weighted by Gasteiger charge is -2.09. The van der Waals surface area contributed by atoms with Crippen molar-refractivity contribution in [2.24, 2.45) is 0 Å². The van der Waals surface area contributed by atoms with E-state index in [1.54, 1.807) is 0 Å². The highest BCUT2D eigenvalue weighted by atomic mass is 19.1. The fourth-order valence-corrected chi connectivity index (χ4v) is 1.53. The van der Waals surface area contributed by atoms with Gasteiger partial charge in [0, 0.05) is 19.1 Å². The summed E-state index contributed by atoms with van der Waals surface area (Å²) in [7, 11) is 0. The molecule has 1 aromatic rings. The fourth-order valence-electron chi connectivity index (χ4n) is 1.53. The maximum Gasteiger partial charge on any atom is 0.126 e. The highest BCUT2D eigenvalue weighted by molar-refractivity contribution is 5.18. The monoisotopic (exact) mass is 242 g/mol. The zero-order valence-corrected chi connectivity index (χ0v) is 10.4. The third-order valence-electron chi connectivity index (χ3n) is 2.43. The van der Waals surface area contributed by atoms with E-state index >= 15 is 0 Å². The summed E-state index contributed by atoms with van der Waals surface area (Å²) < 4.78 is 26.1. The summed E-state index contributed by atoms with van der Waals surface area (Å²) in [5.41, 5.74) is 0.425. The molecule has 0 atom stereocenters. The predicted octanol–water partition coefficient (Wildman–Crippen LogP) is 2.09. The van der Waals surface area contributed by atoms with Crippen LogP contribution in [-0.2, 0) is 6.42 Å². The minimum Gasteiger partial charge on any atom is -0.315 e. The lowest BCUT2D eigenvalue weighted by Crippen LogP contribution is -2.32. The van der Waals surface area contributed by atoms with E-state index in [2.05, 4.69) is 24.5 Å². The van der Waals surface area contributed by atoms with Crippen molar-refractivity contribution in [1.29, 1.82) is 0 Å². The van der Waals surface area contributed by atoms with Gasteiger partial charge in [-0.15, -0.1) is 0 Å². The van der Waals surface area contributed by atoms with Crippen LogP contribution in [0.4, 0.5) is 8.78 Å². The van der Waals surface area contributed by atoms with Crippen LogP contribution in [-0.4, -0.2) is 25.7 Å². The Balaban J connectivity index is 2.20. The second-order valence-corrected chi connectivity index (χ2v) is 4.34. The smallest absolute Gasteiger partial charge is 0.126 e. The molecule has 0 saturated heterocycles. The molecule has 96 valence electrons. The molecule has 1 rings (SSSR count). The van der Waals surface area contributed by atoms with E-state index in [-0.39, 0.29) is 11.6 Å². The van der Waals surface area contributed by atoms with Gasteiger partial charge in [-0.2, -0.15) is 0 Å². The molecular formula is C13H20F2N2. The first-order valence-corrected chi connectivity index (χ1v) is 5.97. The summed E-state index contributed by atoms with van der Waals surface area (Å²) in [6.07, 6.45) is 0.505. The van der Waals surface area contributed by atoms with Crippen LogP contribution in [0.3, 0.4) is 0 Å². The highest BCUT2D eigenvalue weighted by Crippen LogP contribution is 2.09. The molecule has 0 heterocycles. The summed E-state index contributed by atoms with van der Waals surface area (Å²) in [6.45, 7) is 6.53. The van der Waals surface area contributed by atoms with Crippen LogP contribution in [0, 0.1) is 11.6 Å². The molecule has 0 radical (unpaired) electrons. The van der Waals surface area contributed by atoms with Crippen LogP contribution in [0.1, 0.15) is 19.4 Å². The summed E-state index contributed by atoms with van der Waals surface area (Å²) in [6, 6.07) is 4.03. The van der Waals surface area contributed by atoms with E-state index in [1.165, 1.54) is 12.1 Å². The van der Waals surface area contributed by atoms with Gasteiger partial charge in [-0.1, -0.05) is 13.8 Å².